The van der Waals surface area contributed by atoms with E-state index in [1.165, 1.54) is 44.6 Å². The van der Waals surface area contributed by atoms with Crippen molar-refractivity contribution in [1.29, 1.82) is 0 Å². The van der Waals surface area contributed by atoms with Gasteiger partial charge >= 0.3 is 0 Å². The second-order valence-corrected chi connectivity index (χ2v) is 7.85. The van der Waals surface area contributed by atoms with Gasteiger partial charge in [0, 0.05) is 22.3 Å². The summed E-state index contributed by atoms with van der Waals surface area (Å²) in [6.07, 6.45) is 1.43. The van der Waals surface area contributed by atoms with Crippen molar-refractivity contribution in [2.75, 3.05) is 19.5 Å². The molecule has 0 fully saturated rings. The monoisotopic (exact) mass is 515 g/mol. The van der Waals surface area contributed by atoms with Gasteiger partial charge < -0.3 is 20.1 Å². The van der Waals surface area contributed by atoms with Gasteiger partial charge in [-0.25, -0.2) is 0 Å². The Hall–Kier alpha value is -4.08. The molecule has 3 aromatic rings. The van der Waals surface area contributed by atoms with Crippen molar-refractivity contribution in [3.8, 4) is 11.5 Å². The lowest BCUT2D eigenvalue weighted by atomic mass is 10.1. The summed E-state index contributed by atoms with van der Waals surface area (Å²) >= 11 is 11.7. The predicted octanol–water partition coefficient (Wildman–Crippen LogP) is 5.33. The highest BCUT2D eigenvalue weighted by Gasteiger charge is 2.18. The average molecular weight is 516 g/mol. The predicted molar refractivity (Wildman–Crippen MR) is 133 cm³/mol. The van der Waals surface area contributed by atoms with Crippen LogP contribution in [0.15, 0.2) is 66.4 Å². The topological polar surface area (TPSA) is 120 Å². The number of benzene rings is 3. The third-order valence-corrected chi connectivity index (χ3v) is 5.29. The van der Waals surface area contributed by atoms with Gasteiger partial charge in [-0.05, 0) is 60.2 Å². The smallest absolute Gasteiger partial charge is 0.289 e. The average Bonchev–Trinajstić information content (AvgIpc) is 2.84. The van der Waals surface area contributed by atoms with E-state index in [9.17, 15) is 19.7 Å². The number of ether oxygens (including phenoxy) is 2. The van der Waals surface area contributed by atoms with E-state index >= 15 is 0 Å². The van der Waals surface area contributed by atoms with E-state index in [1.807, 2.05) is 0 Å². The fraction of sp³-hybridized carbons (Fsp3) is 0.0833. The Labute approximate surface area is 210 Å². The van der Waals surface area contributed by atoms with Crippen LogP contribution in [0, 0.1) is 10.1 Å². The summed E-state index contributed by atoms with van der Waals surface area (Å²) in [4.78, 5) is 36.4. The van der Waals surface area contributed by atoms with Crippen LogP contribution < -0.4 is 20.1 Å². The molecule has 0 heterocycles. The van der Waals surface area contributed by atoms with Crippen LogP contribution in [0.3, 0.4) is 0 Å². The molecule has 3 rings (SSSR count). The molecule has 180 valence electrons. The van der Waals surface area contributed by atoms with Gasteiger partial charge in [-0.1, -0.05) is 29.3 Å². The lowest BCUT2D eigenvalue weighted by molar-refractivity contribution is -0.384. The number of hydrogen-bond acceptors (Lipinski definition) is 6. The highest BCUT2D eigenvalue weighted by molar-refractivity contribution is 6.32. The van der Waals surface area contributed by atoms with Gasteiger partial charge in [0.05, 0.1) is 19.1 Å². The molecule has 2 amide bonds. The number of rotatable bonds is 8. The minimum absolute atomic E-state index is 0.0786. The van der Waals surface area contributed by atoms with E-state index < -0.39 is 16.7 Å². The van der Waals surface area contributed by atoms with Crippen molar-refractivity contribution < 1.29 is 24.0 Å². The highest BCUT2D eigenvalue weighted by atomic mass is 35.5. The van der Waals surface area contributed by atoms with Gasteiger partial charge in [0.1, 0.15) is 10.7 Å². The zero-order valence-electron chi connectivity index (χ0n) is 18.5. The van der Waals surface area contributed by atoms with Crippen LogP contribution in [0.4, 0.5) is 11.4 Å². The van der Waals surface area contributed by atoms with Gasteiger partial charge in [0.2, 0.25) is 0 Å². The van der Waals surface area contributed by atoms with Gasteiger partial charge in [-0.15, -0.1) is 0 Å². The lowest BCUT2D eigenvalue weighted by Gasteiger charge is -2.13. The van der Waals surface area contributed by atoms with E-state index in [-0.39, 0.29) is 27.7 Å². The van der Waals surface area contributed by atoms with Crippen molar-refractivity contribution in [2.45, 2.75) is 0 Å². The van der Waals surface area contributed by atoms with E-state index in [2.05, 4.69) is 10.6 Å². The third kappa shape index (κ3) is 6.50. The quantitative estimate of drug-likeness (QED) is 0.237. The molecular formula is C24H19Cl2N3O6. The number of nitrogens with one attached hydrogen (secondary N) is 2. The largest absolute Gasteiger partial charge is 0.493 e. The third-order valence-electron chi connectivity index (χ3n) is 4.72. The molecule has 0 saturated heterocycles. The summed E-state index contributed by atoms with van der Waals surface area (Å²) in [7, 11) is 2.96. The number of hydrogen-bond donors (Lipinski definition) is 2. The molecule has 0 radical (unpaired) electrons. The maximum Gasteiger partial charge on any atom is 0.289 e. The molecule has 0 unspecified atom stereocenters. The van der Waals surface area contributed by atoms with E-state index in [0.29, 0.717) is 22.1 Å². The van der Waals surface area contributed by atoms with Crippen molar-refractivity contribution >= 4 is 52.5 Å². The Balaban J connectivity index is 1.97. The first-order valence-electron chi connectivity index (χ1n) is 9.97. The molecule has 0 aliphatic rings. The fourth-order valence-corrected chi connectivity index (χ4v) is 3.30. The standard InChI is InChI=1S/C24H19Cl2N3O6/c1-34-21-10-3-14(12-22(21)35-2)11-19(28-23(30)15-4-6-16(25)7-5-15)24(31)27-17-8-9-18(26)20(13-17)29(32)33/h3-13H,1-2H3,(H,27,31)(H,28,30)/b19-11+. The van der Waals surface area contributed by atoms with Crippen LogP contribution in [0.1, 0.15) is 15.9 Å². The number of nitro benzene ring substituents is 1. The van der Waals surface area contributed by atoms with Gasteiger partial charge in [0.25, 0.3) is 17.5 Å². The Kier molecular flexibility index (Phi) is 8.30. The number of nitrogens with zero attached hydrogens (tertiary/aromatic N) is 1. The summed E-state index contributed by atoms with van der Waals surface area (Å²) in [5.41, 5.74) is 0.397. The molecule has 11 heteroatoms. The van der Waals surface area contributed by atoms with Crippen LogP contribution in [0.2, 0.25) is 10.0 Å². The molecular weight excluding hydrogens is 497 g/mol. The van der Waals surface area contributed by atoms with Crippen molar-refractivity contribution in [1.82, 2.24) is 5.32 Å². The minimum Gasteiger partial charge on any atom is -0.493 e. The first kappa shape index (κ1) is 25.5. The first-order chi connectivity index (χ1) is 16.7. The number of methoxy groups -OCH3 is 2. The molecule has 0 aliphatic heterocycles. The number of carbonyl (C=O) groups excluding carboxylic acids is 2. The zero-order valence-corrected chi connectivity index (χ0v) is 20.0. The molecule has 2 N–H and O–H groups in total. The molecule has 9 nitrogen and oxygen atoms in total. The van der Waals surface area contributed by atoms with E-state index in [0.717, 1.165) is 6.07 Å². The molecule has 0 spiro atoms. The molecule has 3 aromatic carbocycles. The SMILES string of the molecule is COc1ccc(/C=C(/NC(=O)c2ccc(Cl)cc2)C(=O)Nc2ccc(Cl)c([N+](=O)[O-])c2)cc1OC. The first-order valence-corrected chi connectivity index (χ1v) is 10.7. The normalized spacial score (nSPS) is 10.9. The maximum atomic E-state index is 13.1. The van der Waals surface area contributed by atoms with Crippen molar-refractivity contribution in [2.24, 2.45) is 0 Å². The van der Waals surface area contributed by atoms with Gasteiger partial charge in [0.15, 0.2) is 11.5 Å². The molecule has 0 bridgehead atoms. The van der Waals surface area contributed by atoms with Crippen LogP contribution in [-0.2, 0) is 4.79 Å². The Morgan fingerprint density at radius 3 is 2.26 bits per heavy atom. The van der Waals surface area contributed by atoms with Gasteiger partial charge in [-0.3, -0.25) is 19.7 Å². The maximum absolute atomic E-state index is 13.1. The second-order valence-electron chi connectivity index (χ2n) is 7.01. The number of anilines is 1. The Bertz CT molecular complexity index is 1310. The molecule has 0 aromatic heterocycles. The minimum atomic E-state index is -0.723. The summed E-state index contributed by atoms with van der Waals surface area (Å²) < 4.78 is 10.5. The fourth-order valence-electron chi connectivity index (χ4n) is 2.99. The molecule has 35 heavy (non-hydrogen) atoms. The van der Waals surface area contributed by atoms with E-state index in [4.69, 9.17) is 32.7 Å². The molecule has 0 saturated carbocycles. The molecule has 0 atom stereocenters. The zero-order chi connectivity index (χ0) is 25.5. The van der Waals surface area contributed by atoms with Crippen LogP contribution in [0.25, 0.3) is 6.08 Å². The van der Waals surface area contributed by atoms with Crippen LogP contribution in [-0.4, -0.2) is 31.0 Å². The summed E-state index contributed by atoms with van der Waals surface area (Å²) in [6, 6.07) is 14.8. The highest BCUT2D eigenvalue weighted by Crippen LogP contribution is 2.29. The van der Waals surface area contributed by atoms with E-state index in [1.54, 1.807) is 30.3 Å². The summed E-state index contributed by atoms with van der Waals surface area (Å²) in [5.74, 6) is -0.392. The van der Waals surface area contributed by atoms with Crippen molar-refractivity contribution in [3.05, 3.63) is 97.6 Å². The number of nitro groups is 1. The number of halogens is 2. The van der Waals surface area contributed by atoms with Crippen molar-refractivity contribution in [3.63, 3.8) is 0 Å². The Morgan fingerprint density at radius 1 is 0.943 bits per heavy atom. The van der Waals surface area contributed by atoms with Crippen LogP contribution in [0.5, 0.6) is 11.5 Å². The Morgan fingerprint density at radius 2 is 1.63 bits per heavy atom. The molecule has 0 aliphatic carbocycles. The number of amides is 2. The lowest BCUT2D eigenvalue weighted by Crippen LogP contribution is -2.30. The van der Waals surface area contributed by atoms with Gasteiger partial charge in [-0.2, -0.15) is 0 Å². The number of carbonyl (C=O) groups is 2. The summed E-state index contributed by atoms with van der Waals surface area (Å²) in [6.45, 7) is 0. The van der Waals surface area contributed by atoms with Crippen LogP contribution >= 0.6 is 23.2 Å². The summed E-state index contributed by atoms with van der Waals surface area (Å²) in [5, 5.41) is 16.7. The second kappa shape index (κ2) is 11.4.